The first-order valence-electron chi connectivity index (χ1n) is 8.56. The largest absolute Gasteiger partial charge is 0.488 e. The molecule has 1 aliphatic heterocycles. The zero-order valence-electron chi connectivity index (χ0n) is 15.0. The molecule has 0 aliphatic carbocycles. The summed E-state index contributed by atoms with van der Waals surface area (Å²) in [6.07, 6.45) is 1.19. The van der Waals surface area contributed by atoms with Gasteiger partial charge in [0.15, 0.2) is 0 Å². The fraction of sp³-hybridized carbons (Fsp3) is 0.316. The molecule has 0 unspecified atom stereocenters. The van der Waals surface area contributed by atoms with Crippen LogP contribution in [0.4, 0.5) is 0 Å². The summed E-state index contributed by atoms with van der Waals surface area (Å²) in [5.74, 6) is 0.370. The lowest BCUT2D eigenvalue weighted by atomic mass is 10.1. The lowest BCUT2D eigenvalue weighted by Gasteiger charge is -2.33. The van der Waals surface area contributed by atoms with Crippen molar-refractivity contribution in [2.45, 2.75) is 6.61 Å². The Balaban J connectivity index is 1.70. The molecule has 0 radical (unpaired) electrons. The van der Waals surface area contributed by atoms with Crippen LogP contribution in [-0.2, 0) is 16.6 Å². The predicted molar refractivity (Wildman–Crippen MR) is 107 cm³/mol. The van der Waals surface area contributed by atoms with E-state index in [1.54, 1.807) is 23.1 Å². The molecule has 0 atom stereocenters. The molecule has 1 fully saturated rings. The van der Waals surface area contributed by atoms with E-state index in [-0.39, 0.29) is 5.91 Å². The van der Waals surface area contributed by atoms with Gasteiger partial charge in [0.1, 0.15) is 12.4 Å². The first-order chi connectivity index (χ1) is 12.9. The Labute approximate surface area is 167 Å². The summed E-state index contributed by atoms with van der Waals surface area (Å²) in [5.41, 5.74) is 1.47. The van der Waals surface area contributed by atoms with E-state index >= 15 is 0 Å². The highest BCUT2D eigenvalue weighted by Gasteiger charge is 2.27. The number of carbonyl (C=O) groups excluding carboxylic acids is 1. The fourth-order valence-electron chi connectivity index (χ4n) is 2.93. The summed E-state index contributed by atoms with van der Waals surface area (Å²) < 4.78 is 31.5. The van der Waals surface area contributed by atoms with Crippen LogP contribution >= 0.6 is 15.9 Å². The minimum Gasteiger partial charge on any atom is -0.488 e. The van der Waals surface area contributed by atoms with Crippen molar-refractivity contribution in [3.63, 3.8) is 0 Å². The van der Waals surface area contributed by atoms with Gasteiger partial charge in [-0.2, -0.15) is 4.31 Å². The van der Waals surface area contributed by atoms with Crippen LogP contribution in [0.1, 0.15) is 15.9 Å². The first kappa shape index (κ1) is 19.9. The molecular formula is C19H21BrN2O4S. The van der Waals surface area contributed by atoms with Gasteiger partial charge in [-0.25, -0.2) is 8.42 Å². The summed E-state index contributed by atoms with van der Waals surface area (Å²) >= 11 is 3.49. The van der Waals surface area contributed by atoms with Crippen molar-refractivity contribution in [3.8, 4) is 5.75 Å². The smallest absolute Gasteiger partial charge is 0.257 e. The number of hydrogen-bond acceptors (Lipinski definition) is 4. The lowest BCUT2D eigenvalue weighted by molar-refractivity contribution is 0.0693. The number of benzene rings is 2. The minimum absolute atomic E-state index is 0.147. The van der Waals surface area contributed by atoms with E-state index in [1.807, 2.05) is 30.3 Å². The maximum absolute atomic E-state index is 12.9. The Bertz CT molecular complexity index is 925. The van der Waals surface area contributed by atoms with Crippen LogP contribution in [0.5, 0.6) is 5.75 Å². The van der Waals surface area contributed by atoms with E-state index in [0.29, 0.717) is 44.1 Å². The van der Waals surface area contributed by atoms with Gasteiger partial charge in [0, 0.05) is 36.2 Å². The van der Waals surface area contributed by atoms with E-state index in [9.17, 15) is 13.2 Å². The molecule has 2 aromatic rings. The highest BCUT2D eigenvalue weighted by atomic mass is 79.9. The van der Waals surface area contributed by atoms with Crippen LogP contribution < -0.4 is 4.74 Å². The summed E-state index contributed by atoms with van der Waals surface area (Å²) in [5, 5.41) is 0. The third kappa shape index (κ3) is 4.88. The Morgan fingerprint density at radius 2 is 1.67 bits per heavy atom. The molecule has 0 N–H and O–H groups in total. The number of amides is 1. The van der Waals surface area contributed by atoms with Crippen LogP contribution in [-0.4, -0.2) is 56.0 Å². The van der Waals surface area contributed by atoms with E-state index in [4.69, 9.17) is 4.74 Å². The maximum Gasteiger partial charge on any atom is 0.257 e. The van der Waals surface area contributed by atoms with Crippen LogP contribution in [0.2, 0.25) is 0 Å². The highest BCUT2D eigenvalue weighted by molar-refractivity contribution is 9.10. The zero-order chi connectivity index (χ0) is 19.4. The van der Waals surface area contributed by atoms with Gasteiger partial charge in [-0.1, -0.05) is 46.3 Å². The van der Waals surface area contributed by atoms with Gasteiger partial charge in [0.25, 0.3) is 5.91 Å². The third-order valence-corrected chi connectivity index (χ3v) is 6.53. The van der Waals surface area contributed by atoms with Crippen molar-refractivity contribution in [2.24, 2.45) is 0 Å². The molecule has 6 nitrogen and oxygen atoms in total. The molecule has 8 heteroatoms. The van der Waals surface area contributed by atoms with E-state index in [1.165, 1.54) is 10.6 Å². The average Bonchev–Trinajstić information content (AvgIpc) is 2.66. The number of para-hydroxylation sites is 1. The van der Waals surface area contributed by atoms with Gasteiger partial charge < -0.3 is 9.64 Å². The summed E-state index contributed by atoms with van der Waals surface area (Å²) in [7, 11) is -3.22. The third-order valence-electron chi connectivity index (χ3n) is 4.45. The molecule has 1 heterocycles. The number of sulfonamides is 1. The number of piperazine rings is 1. The number of halogens is 1. The predicted octanol–water partition coefficient (Wildman–Crippen LogP) is 2.75. The molecule has 1 saturated heterocycles. The van der Waals surface area contributed by atoms with Crippen molar-refractivity contribution < 1.29 is 17.9 Å². The fourth-order valence-corrected chi connectivity index (χ4v) is 4.16. The molecular weight excluding hydrogens is 432 g/mol. The monoisotopic (exact) mass is 452 g/mol. The van der Waals surface area contributed by atoms with Gasteiger partial charge in [-0.05, 0) is 18.2 Å². The lowest BCUT2D eigenvalue weighted by Crippen LogP contribution is -2.50. The Hall–Kier alpha value is -1.90. The number of rotatable bonds is 5. The van der Waals surface area contributed by atoms with Crippen LogP contribution in [0.25, 0.3) is 0 Å². The second-order valence-electron chi connectivity index (χ2n) is 6.33. The Morgan fingerprint density at radius 1 is 1.04 bits per heavy atom. The standard InChI is InChI=1S/C19H21BrN2O4S/c1-27(24,25)22-12-10-21(11-13-22)19(23)16-7-3-5-9-18(16)26-14-15-6-2-4-8-17(15)20/h2-9H,10-14H2,1H3. The van der Waals surface area contributed by atoms with Gasteiger partial charge >= 0.3 is 0 Å². The molecule has 0 bridgehead atoms. The van der Waals surface area contributed by atoms with Crippen molar-refractivity contribution in [1.82, 2.24) is 9.21 Å². The van der Waals surface area contributed by atoms with Crippen LogP contribution in [0.15, 0.2) is 53.0 Å². The first-order valence-corrected chi connectivity index (χ1v) is 11.2. The van der Waals surface area contributed by atoms with Crippen molar-refractivity contribution in [1.29, 1.82) is 0 Å². The molecule has 0 saturated carbocycles. The molecule has 0 aromatic heterocycles. The van der Waals surface area contributed by atoms with Crippen molar-refractivity contribution in [2.75, 3.05) is 32.4 Å². The van der Waals surface area contributed by atoms with Gasteiger partial charge in [-0.3, -0.25) is 4.79 Å². The zero-order valence-corrected chi connectivity index (χ0v) is 17.4. The number of nitrogens with zero attached hydrogens (tertiary/aromatic N) is 2. The van der Waals surface area contributed by atoms with Crippen LogP contribution in [0, 0.1) is 0 Å². The SMILES string of the molecule is CS(=O)(=O)N1CCN(C(=O)c2ccccc2OCc2ccccc2Br)CC1. The summed E-state index contributed by atoms with van der Waals surface area (Å²) in [6, 6.07) is 14.9. The second kappa shape index (κ2) is 8.41. The Morgan fingerprint density at radius 3 is 2.33 bits per heavy atom. The van der Waals surface area contributed by atoms with E-state index in [0.717, 1.165) is 10.0 Å². The van der Waals surface area contributed by atoms with E-state index in [2.05, 4.69) is 15.9 Å². The summed E-state index contributed by atoms with van der Waals surface area (Å²) in [4.78, 5) is 14.6. The molecule has 1 aliphatic rings. The molecule has 2 aromatic carbocycles. The molecule has 144 valence electrons. The van der Waals surface area contributed by atoms with Gasteiger partial charge in [-0.15, -0.1) is 0 Å². The van der Waals surface area contributed by atoms with E-state index < -0.39 is 10.0 Å². The molecule has 3 rings (SSSR count). The molecule has 1 amide bonds. The van der Waals surface area contributed by atoms with Gasteiger partial charge in [0.2, 0.25) is 10.0 Å². The molecule has 27 heavy (non-hydrogen) atoms. The van der Waals surface area contributed by atoms with Crippen molar-refractivity contribution in [3.05, 3.63) is 64.1 Å². The Kier molecular flexibility index (Phi) is 6.18. The highest BCUT2D eigenvalue weighted by Crippen LogP contribution is 2.24. The summed E-state index contributed by atoms with van der Waals surface area (Å²) in [6.45, 7) is 1.69. The maximum atomic E-state index is 12.9. The second-order valence-corrected chi connectivity index (χ2v) is 9.17. The quantitative estimate of drug-likeness (QED) is 0.699. The normalized spacial score (nSPS) is 15.6. The molecule has 0 spiro atoms. The minimum atomic E-state index is -3.22. The van der Waals surface area contributed by atoms with Crippen LogP contribution in [0.3, 0.4) is 0 Å². The number of ether oxygens (including phenoxy) is 1. The van der Waals surface area contributed by atoms with Gasteiger partial charge in [0.05, 0.1) is 11.8 Å². The average molecular weight is 453 g/mol. The number of carbonyl (C=O) groups is 1. The van der Waals surface area contributed by atoms with Crippen molar-refractivity contribution >= 4 is 31.9 Å². The number of hydrogen-bond donors (Lipinski definition) is 0. The topological polar surface area (TPSA) is 66.9 Å².